The van der Waals surface area contributed by atoms with Gasteiger partial charge >= 0.3 is 5.97 Å². The molecule has 0 aliphatic rings. The Bertz CT molecular complexity index is 722. The predicted molar refractivity (Wildman–Crippen MR) is 92.3 cm³/mol. The maximum Gasteiger partial charge on any atom is 0.326 e. The van der Waals surface area contributed by atoms with Gasteiger partial charge in [0.25, 0.3) is 0 Å². The van der Waals surface area contributed by atoms with E-state index in [1.54, 1.807) is 42.5 Å². The summed E-state index contributed by atoms with van der Waals surface area (Å²) in [6.45, 7) is 0. The lowest BCUT2D eigenvalue weighted by Crippen LogP contribution is -2.44. The fourth-order valence-electron chi connectivity index (χ4n) is 2.53. The molecule has 2 aromatic rings. The van der Waals surface area contributed by atoms with Crippen molar-refractivity contribution < 1.29 is 19.1 Å². The van der Waals surface area contributed by atoms with Gasteiger partial charge in [0, 0.05) is 0 Å². The summed E-state index contributed by atoms with van der Waals surface area (Å²) in [4.78, 5) is 23.6. The Hall–Kier alpha value is -2.73. The number of carboxylic acid groups (broad SMARTS) is 1. The monoisotopic (exact) mass is 344 g/mol. The molecule has 6 heteroatoms. The second-order valence-corrected chi connectivity index (χ2v) is 5.81. The molecule has 1 unspecified atom stereocenters. The summed E-state index contributed by atoms with van der Waals surface area (Å²) in [6, 6.07) is 13.0. The normalized spacial score (nSPS) is 13.0. The smallest absolute Gasteiger partial charge is 0.326 e. The van der Waals surface area contributed by atoms with Gasteiger partial charge in [0.1, 0.15) is 17.9 Å². The minimum atomic E-state index is -1.12. The number of halogens is 1. The third-order valence-corrected chi connectivity index (χ3v) is 3.90. The first-order valence-corrected chi connectivity index (χ1v) is 8.05. The summed E-state index contributed by atoms with van der Waals surface area (Å²) in [5.41, 5.74) is 7.28. The molecule has 0 aliphatic heterocycles. The van der Waals surface area contributed by atoms with Crippen molar-refractivity contribution in [2.24, 2.45) is 5.73 Å². The van der Waals surface area contributed by atoms with Gasteiger partial charge in [0.2, 0.25) is 5.91 Å². The van der Waals surface area contributed by atoms with E-state index in [9.17, 15) is 19.1 Å². The summed E-state index contributed by atoms with van der Waals surface area (Å²) in [5.74, 6) is -1.98. The summed E-state index contributed by atoms with van der Waals surface area (Å²) >= 11 is 0. The Morgan fingerprint density at radius 1 is 1.12 bits per heavy atom. The van der Waals surface area contributed by atoms with Crippen LogP contribution in [0.2, 0.25) is 0 Å². The molecule has 0 saturated carbocycles. The van der Waals surface area contributed by atoms with Crippen LogP contribution >= 0.6 is 0 Å². The summed E-state index contributed by atoms with van der Waals surface area (Å²) in [7, 11) is 0. The number of hydrogen-bond acceptors (Lipinski definition) is 3. The molecule has 0 radical (unpaired) electrons. The molecular formula is C19H21FN2O3. The second-order valence-electron chi connectivity index (χ2n) is 5.81. The van der Waals surface area contributed by atoms with Gasteiger partial charge < -0.3 is 16.2 Å². The number of nitrogens with one attached hydrogen (secondary N) is 1. The Morgan fingerprint density at radius 2 is 1.84 bits per heavy atom. The number of carboxylic acids is 1. The molecule has 0 aliphatic carbocycles. The minimum Gasteiger partial charge on any atom is -0.480 e. The number of carbonyl (C=O) groups excluding carboxylic acids is 1. The number of aliphatic carboxylic acids is 1. The Balaban J connectivity index is 1.89. The van der Waals surface area contributed by atoms with Crippen molar-refractivity contribution in [1.29, 1.82) is 0 Å². The van der Waals surface area contributed by atoms with Crippen LogP contribution in [0.25, 0.3) is 0 Å². The number of nitrogens with two attached hydrogens (primary N) is 1. The number of hydrogen-bond donors (Lipinski definition) is 3. The molecule has 0 bridgehead atoms. The van der Waals surface area contributed by atoms with E-state index >= 15 is 0 Å². The molecule has 132 valence electrons. The highest BCUT2D eigenvalue weighted by atomic mass is 19.1. The van der Waals surface area contributed by atoms with Gasteiger partial charge in [0.05, 0.1) is 0 Å². The average Bonchev–Trinajstić information content (AvgIpc) is 2.60. The molecule has 0 aromatic heterocycles. The topological polar surface area (TPSA) is 92.4 Å². The largest absolute Gasteiger partial charge is 0.480 e. The molecule has 0 spiro atoms. The molecule has 0 fully saturated rings. The van der Waals surface area contributed by atoms with E-state index in [4.69, 9.17) is 5.73 Å². The van der Waals surface area contributed by atoms with Crippen LogP contribution in [0.3, 0.4) is 0 Å². The maximum atomic E-state index is 13.1. The highest BCUT2D eigenvalue weighted by molar-refractivity contribution is 5.87. The first-order valence-electron chi connectivity index (χ1n) is 8.05. The fraction of sp³-hybridized carbons (Fsp3) is 0.263. The average molecular weight is 344 g/mol. The molecule has 5 nitrogen and oxygen atoms in total. The second kappa shape index (κ2) is 8.94. The third kappa shape index (κ3) is 5.69. The van der Waals surface area contributed by atoms with E-state index < -0.39 is 24.0 Å². The predicted octanol–water partition coefficient (Wildman–Crippen LogP) is 2.42. The third-order valence-electron chi connectivity index (χ3n) is 3.90. The zero-order chi connectivity index (χ0) is 18.2. The number of benzene rings is 2. The first-order chi connectivity index (χ1) is 12.0. The lowest BCUT2D eigenvalue weighted by Gasteiger charge is -2.18. The van der Waals surface area contributed by atoms with Crippen LogP contribution in [-0.2, 0) is 16.0 Å². The van der Waals surface area contributed by atoms with Gasteiger partial charge in [-0.1, -0.05) is 42.5 Å². The Labute approximate surface area is 145 Å². The van der Waals surface area contributed by atoms with Crippen LogP contribution in [0.5, 0.6) is 0 Å². The van der Waals surface area contributed by atoms with Crippen molar-refractivity contribution in [3.8, 4) is 0 Å². The summed E-state index contributed by atoms with van der Waals surface area (Å²) in [5, 5.41) is 11.8. The van der Waals surface area contributed by atoms with Gasteiger partial charge in [-0.2, -0.15) is 0 Å². The molecule has 2 rings (SSSR count). The first kappa shape index (κ1) is 18.6. The van der Waals surface area contributed by atoms with Crippen LogP contribution in [0.4, 0.5) is 4.39 Å². The number of carbonyl (C=O) groups is 2. The Morgan fingerprint density at radius 3 is 2.48 bits per heavy atom. The standard InChI is InChI=1S/C19H21FN2O3/c20-15-10-4-6-13(12-15)7-5-11-16(19(24)25)22-18(23)17(21)14-8-2-1-3-9-14/h1-4,6,8-10,12,16-17H,5,7,11,21H2,(H,22,23)(H,24,25)/t16?,17-/m0/s1. The molecule has 1 amide bonds. The zero-order valence-electron chi connectivity index (χ0n) is 13.7. The van der Waals surface area contributed by atoms with Crippen molar-refractivity contribution in [2.45, 2.75) is 31.3 Å². The summed E-state index contributed by atoms with van der Waals surface area (Å²) in [6.07, 6.45) is 1.27. The van der Waals surface area contributed by atoms with Gasteiger partial charge in [-0.25, -0.2) is 9.18 Å². The van der Waals surface area contributed by atoms with Crippen LogP contribution in [0.1, 0.15) is 30.0 Å². The van der Waals surface area contributed by atoms with Crippen LogP contribution in [0.15, 0.2) is 54.6 Å². The molecule has 0 heterocycles. The quantitative estimate of drug-likeness (QED) is 0.686. The molecule has 2 aromatic carbocycles. The summed E-state index contributed by atoms with van der Waals surface area (Å²) < 4.78 is 13.1. The van der Waals surface area contributed by atoms with Crippen molar-refractivity contribution in [2.75, 3.05) is 0 Å². The molecule has 4 N–H and O–H groups in total. The molecule has 0 saturated heterocycles. The van der Waals surface area contributed by atoms with Crippen LogP contribution < -0.4 is 11.1 Å². The lowest BCUT2D eigenvalue weighted by molar-refractivity contribution is -0.142. The van der Waals surface area contributed by atoms with E-state index in [-0.39, 0.29) is 12.2 Å². The van der Waals surface area contributed by atoms with Crippen molar-refractivity contribution in [3.63, 3.8) is 0 Å². The number of amides is 1. The van der Waals surface area contributed by atoms with Crippen molar-refractivity contribution in [1.82, 2.24) is 5.32 Å². The fourth-order valence-corrected chi connectivity index (χ4v) is 2.53. The molecule has 25 heavy (non-hydrogen) atoms. The van der Waals surface area contributed by atoms with Crippen molar-refractivity contribution >= 4 is 11.9 Å². The van der Waals surface area contributed by atoms with Crippen molar-refractivity contribution in [3.05, 3.63) is 71.5 Å². The van der Waals surface area contributed by atoms with Crippen LogP contribution in [0, 0.1) is 5.82 Å². The van der Waals surface area contributed by atoms with Crippen LogP contribution in [-0.4, -0.2) is 23.0 Å². The zero-order valence-corrected chi connectivity index (χ0v) is 13.7. The Kier molecular flexibility index (Phi) is 6.65. The number of rotatable bonds is 8. The number of aryl methyl sites for hydroxylation is 1. The van der Waals surface area contributed by atoms with E-state index in [1.807, 2.05) is 0 Å². The van der Waals surface area contributed by atoms with Gasteiger partial charge in [-0.15, -0.1) is 0 Å². The van der Waals surface area contributed by atoms with E-state index in [0.29, 0.717) is 18.4 Å². The van der Waals surface area contributed by atoms with E-state index in [1.165, 1.54) is 12.1 Å². The molecular weight excluding hydrogens is 323 g/mol. The van der Waals surface area contributed by atoms with Gasteiger partial charge in [0.15, 0.2) is 0 Å². The highest BCUT2D eigenvalue weighted by Crippen LogP contribution is 2.12. The molecule has 2 atom stereocenters. The highest BCUT2D eigenvalue weighted by Gasteiger charge is 2.23. The van der Waals surface area contributed by atoms with Gasteiger partial charge in [-0.05, 0) is 42.5 Å². The lowest BCUT2D eigenvalue weighted by atomic mass is 10.0. The SMILES string of the molecule is N[C@H](C(=O)NC(CCCc1cccc(F)c1)C(=O)O)c1ccccc1. The maximum absolute atomic E-state index is 13.1. The minimum absolute atomic E-state index is 0.235. The van der Waals surface area contributed by atoms with Gasteiger partial charge in [-0.3, -0.25) is 4.79 Å². The van der Waals surface area contributed by atoms with E-state index in [0.717, 1.165) is 5.56 Å². The van der Waals surface area contributed by atoms with E-state index in [2.05, 4.69) is 5.32 Å².